The summed E-state index contributed by atoms with van der Waals surface area (Å²) in [7, 11) is 0.198. The SMILES string of the molecule is N#CN=S1CC1. The molecule has 0 aliphatic carbocycles. The highest BCUT2D eigenvalue weighted by Gasteiger charge is 2.09. The van der Waals surface area contributed by atoms with Gasteiger partial charge in [0.05, 0.1) is 0 Å². The number of nitriles is 1. The van der Waals surface area contributed by atoms with Gasteiger partial charge in [-0.05, 0) is 0 Å². The van der Waals surface area contributed by atoms with Crippen molar-refractivity contribution in [2.45, 2.75) is 0 Å². The third-order valence-corrected chi connectivity index (χ3v) is 1.67. The summed E-state index contributed by atoms with van der Waals surface area (Å²) in [5, 5.41) is 7.87. The fourth-order valence-corrected chi connectivity index (χ4v) is 0.782. The van der Waals surface area contributed by atoms with Crippen LogP contribution in [-0.4, -0.2) is 11.5 Å². The van der Waals surface area contributed by atoms with E-state index in [0.717, 1.165) is 11.5 Å². The van der Waals surface area contributed by atoms with Crippen molar-refractivity contribution in [3.8, 4) is 6.19 Å². The van der Waals surface area contributed by atoms with Crippen molar-refractivity contribution in [3.05, 3.63) is 0 Å². The van der Waals surface area contributed by atoms with Crippen molar-refractivity contribution in [2.24, 2.45) is 4.36 Å². The molecule has 0 bridgehead atoms. The van der Waals surface area contributed by atoms with Crippen LogP contribution in [0.15, 0.2) is 4.36 Å². The van der Waals surface area contributed by atoms with Crippen molar-refractivity contribution < 1.29 is 0 Å². The first-order chi connectivity index (χ1) is 2.93. The monoisotopic (exact) mass is 100 g/mol. The van der Waals surface area contributed by atoms with Crippen LogP contribution < -0.4 is 0 Å². The highest BCUT2D eigenvalue weighted by Crippen LogP contribution is 2.02. The minimum Gasteiger partial charge on any atom is -0.170 e. The van der Waals surface area contributed by atoms with Crippen LogP contribution >= 0.6 is 0 Å². The van der Waals surface area contributed by atoms with Crippen LogP contribution in [0.2, 0.25) is 0 Å². The molecular weight excluding hydrogens is 96.1 g/mol. The molecule has 1 fully saturated rings. The molecule has 1 aliphatic rings. The number of rotatable bonds is 0. The molecule has 1 aliphatic heterocycles. The van der Waals surface area contributed by atoms with E-state index in [9.17, 15) is 0 Å². The topological polar surface area (TPSA) is 36.1 Å². The maximum Gasteiger partial charge on any atom is 0.212 e. The molecule has 0 aromatic heterocycles. The standard InChI is InChI=1S/C3H4N2S/c4-3-5-6-1-2-6/h1-2H2. The molecule has 6 heavy (non-hydrogen) atoms. The molecule has 1 saturated heterocycles. The van der Waals surface area contributed by atoms with E-state index in [4.69, 9.17) is 5.26 Å². The molecule has 0 aromatic rings. The fraction of sp³-hybridized carbons (Fsp3) is 0.667. The lowest BCUT2D eigenvalue weighted by Crippen LogP contribution is -1.47. The second-order valence-electron chi connectivity index (χ2n) is 1.06. The van der Waals surface area contributed by atoms with Gasteiger partial charge in [-0.15, -0.1) is 0 Å². The van der Waals surface area contributed by atoms with Crippen molar-refractivity contribution >= 4 is 10.7 Å². The van der Waals surface area contributed by atoms with Crippen molar-refractivity contribution in [3.63, 3.8) is 0 Å². The molecular formula is C3H4N2S. The van der Waals surface area contributed by atoms with Crippen LogP contribution in [-0.2, 0) is 10.7 Å². The van der Waals surface area contributed by atoms with E-state index < -0.39 is 0 Å². The van der Waals surface area contributed by atoms with E-state index >= 15 is 0 Å². The Labute approximate surface area is 38.9 Å². The van der Waals surface area contributed by atoms with Gasteiger partial charge in [0.15, 0.2) is 0 Å². The van der Waals surface area contributed by atoms with Crippen LogP contribution in [0, 0.1) is 11.5 Å². The summed E-state index contributed by atoms with van der Waals surface area (Å²) in [6.07, 6.45) is 1.77. The lowest BCUT2D eigenvalue weighted by atomic mass is 11.0. The molecule has 0 aromatic carbocycles. The van der Waals surface area contributed by atoms with E-state index in [0.29, 0.717) is 0 Å². The molecule has 1 heterocycles. The number of hydrogen-bond acceptors (Lipinski definition) is 2. The largest absolute Gasteiger partial charge is 0.212 e. The van der Waals surface area contributed by atoms with Crippen molar-refractivity contribution in [1.29, 1.82) is 5.26 Å². The Morgan fingerprint density at radius 2 is 2.33 bits per heavy atom. The van der Waals surface area contributed by atoms with Gasteiger partial charge in [-0.2, -0.15) is 9.62 Å². The van der Waals surface area contributed by atoms with E-state index in [1.54, 1.807) is 6.19 Å². The summed E-state index contributed by atoms with van der Waals surface area (Å²) in [5.74, 6) is 2.32. The molecule has 0 spiro atoms. The summed E-state index contributed by atoms with van der Waals surface area (Å²) in [6, 6.07) is 0. The van der Waals surface area contributed by atoms with Gasteiger partial charge in [0.25, 0.3) is 0 Å². The van der Waals surface area contributed by atoms with Gasteiger partial charge in [-0.1, -0.05) is 10.7 Å². The smallest absolute Gasteiger partial charge is 0.170 e. The molecule has 3 heteroatoms. The van der Waals surface area contributed by atoms with E-state index in [-0.39, 0.29) is 10.7 Å². The third kappa shape index (κ3) is 0.798. The highest BCUT2D eigenvalue weighted by molar-refractivity contribution is 7.94. The average Bonchev–Trinajstić information content (AvgIpc) is 2.21. The highest BCUT2D eigenvalue weighted by atomic mass is 32.2. The molecule has 1 rings (SSSR count). The van der Waals surface area contributed by atoms with Crippen LogP contribution in [0.25, 0.3) is 0 Å². The van der Waals surface area contributed by atoms with Crippen LogP contribution in [0.1, 0.15) is 0 Å². The second kappa shape index (κ2) is 1.39. The number of hydrogen-bond donors (Lipinski definition) is 0. The Balaban J connectivity index is 2.49. The Kier molecular flexibility index (Phi) is 0.887. The quantitative estimate of drug-likeness (QED) is 0.318. The predicted molar refractivity (Wildman–Crippen MR) is 25.1 cm³/mol. The zero-order valence-electron chi connectivity index (χ0n) is 3.22. The van der Waals surface area contributed by atoms with Gasteiger partial charge in [0.2, 0.25) is 6.19 Å². The molecule has 0 amide bonds. The fourth-order valence-electron chi connectivity index (χ4n) is 0.186. The predicted octanol–water partition coefficient (Wildman–Crippen LogP) is 0.283. The Morgan fingerprint density at radius 1 is 1.67 bits per heavy atom. The lowest BCUT2D eigenvalue weighted by molar-refractivity contribution is 1.46. The minimum atomic E-state index is 0.198. The van der Waals surface area contributed by atoms with Gasteiger partial charge in [-0.3, -0.25) is 0 Å². The Hall–Kier alpha value is -0.360. The van der Waals surface area contributed by atoms with Crippen molar-refractivity contribution in [2.75, 3.05) is 11.5 Å². The normalized spacial score (nSPS) is 19.2. The summed E-state index contributed by atoms with van der Waals surface area (Å²) >= 11 is 0. The van der Waals surface area contributed by atoms with Gasteiger partial charge >= 0.3 is 0 Å². The second-order valence-corrected chi connectivity index (χ2v) is 2.99. The molecule has 0 saturated carbocycles. The van der Waals surface area contributed by atoms with Gasteiger partial charge in [0.1, 0.15) is 0 Å². The first kappa shape index (κ1) is 3.82. The van der Waals surface area contributed by atoms with Gasteiger partial charge < -0.3 is 0 Å². The summed E-state index contributed by atoms with van der Waals surface area (Å²) in [4.78, 5) is 0. The maximum atomic E-state index is 7.87. The van der Waals surface area contributed by atoms with Crippen molar-refractivity contribution in [1.82, 2.24) is 0 Å². The number of nitrogens with zero attached hydrogens (tertiary/aromatic N) is 2. The molecule has 0 unspecified atom stereocenters. The molecule has 32 valence electrons. The van der Waals surface area contributed by atoms with Crippen LogP contribution in [0.3, 0.4) is 0 Å². The Bertz CT molecular complexity index is 115. The minimum absolute atomic E-state index is 0.198. The summed E-state index contributed by atoms with van der Waals surface area (Å²) in [6.45, 7) is 0. The van der Waals surface area contributed by atoms with E-state index in [2.05, 4.69) is 4.36 Å². The van der Waals surface area contributed by atoms with Crippen LogP contribution in [0.5, 0.6) is 0 Å². The Morgan fingerprint density at radius 3 is 2.50 bits per heavy atom. The summed E-state index contributed by atoms with van der Waals surface area (Å²) in [5.41, 5.74) is 0. The third-order valence-electron chi connectivity index (χ3n) is 0.557. The van der Waals surface area contributed by atoms with Crippen LogP contribution in [0.4, 0.5) is 0 Å². The zero-order valence-corrected chi connectivity index (χ0v) is 4.03. The lowest BCUT2D eigenvalue weighted by Gasteiger charge is -1.54. The van der Waals surface area contributed by atoms with Gasteiger partial charge in [-0.25, -0.2) is 0 Å². The molecule has 2 nitrogen and oxygen atoms in total. The average molecular weight is 100 g/mol. The maximum absolute atomic E-state index is 7.87. The molecule has 0 atom stereocenters. The summed E-state index contributed by atoms with van der Waals surface area (Å²) < 4.78 is 3.57. The molecule has 0 N–H and O–H groups in total. The van der Waals surface area contributed by atoms with E-state index in [1.807, 2.05) is 0 Å². The van der Waals surface area contributed by atoms with Gasteiger partial charge in [0, 0.05) is 11.5 Å². The first-order valence-electron chi connectivity index (χ1n) is 1.71. The zero-order chi connectivity index (χ0) is 4.41. The molecule has 0 radical (unpaired) electrons. The first-order valence-corrected chi connectivity index (χ1v) is 3.23. The van der Waals surface area contributed by atoms with E-state index in [1.165, 1.54) is 0 Å².